The lowest BCUT2D eigenvalue weighted by Gasteiger charge is -2.16. The number of carboxylic acids is 1. The average molecular weight is 419 g/mol. The van der Waals surface area contributed by atoms with Crippen molar-refractivity contribution in [1.29, 1.82) is 0 Å². The second-order valence-corrected chi connectivity index (χ2v) is 6.70. The Morgan fingerprint density at radius 2 is 2.00 bits per heavy atom. The molecule has 0 aromatic carbocycles. The van der Waals surface area contributed by atoms with Crippen molar-refractivity contribution in [3.8, 4) is 0 Å². The maximum Gasteiger partial charge on any atom is 0.469 e. The van der Waals surface area contributed by atoms with Gasteiger partial charge in [-0.1, -0.05) is 6.58 Å². The number of nitrogens with zero attached hydrogens (tertiary/aromatic N) is 4. The highest BCUT2D eigenvalue weighted by molar-refractivity contribution is 7.46. The average Bonchev–Trinajstić information content (AvgIpc) is 3.16. The van der Waals surface area contributed by atoms with E-state index in [2.05, 4.69) is 26.1 Å². The van der Waals surface area contributed by atoms with Crippen LogP contribution in [0.3, 0.4) is 0 Å². The monoisotopic (exact) mass is 419 g/mol. The summed E-state index contributed by atoms with van der Waals surface area (Å²) in [5.74, 6) is -0.840. The van der Waals surface area contributed by atoms with E-state index in [1.54, 1.807) is 0 Å². The van der Waals surface area contributed by atoms with Gasteiger partial charge >= 0.3 is 13.8 Å². The number of aliphatic hydroxyl groups is 2. The van der Waals surface area contributed by atoms with Gasteiger partial charge in [0.05, 0.1) is 12.9 Å². The highest BCUT2D eigenvalue weighted by Gasteiger charge is 2.45. The topological polar surface area (TPSA) is 223 Å². The highest BCUT2D eigenvalue weighted by Crippen LogP contribution is 2.38. The third-order valence-electron chi connectivity index (χ3n) is 3.58. The van der Waals surface area contributed by atoms with E-state index in [1.807, 2.05) is 0 Å². The molecule has 2 aromatic rings. The molecule has 0 saturated carbocycles. The molecule has 4 atom stereocenters. The minimum Gasteiger partial charge on any atom is -0.478 e. The molecule has 1 fully saturated rings. The second-order valence-electron chi connectivity index (χ2n) is 5.46. The van der Waals surface area contributed by atoms with Gasteiger partial charge in [0, 0.05) is 6.08 Å². The number of aliphatic hydroxyl groups excluding tert-OH is 2. The molecule has 3 rings (SSSR count). The first kappa shape index (κ1) is 21.8. The van der Waals surface area contributed by atoms with Gasteiger partial charge in [0.1, 0.15) is 30.2 Å². The van der Waals surface area contributed by atoms with Crippen molar-refractivity contribution >= 4 is 30.8 Å². The van der Waals surface area contributed by atoms with Crippen LogP contribution in [-0.2, 0) is 18.6 Å². The number of hydrogen-bond donors (Lipinski definition) is 6. The van der Waals surface area contributed by atoms with Crippen LogP contribution in [0.4, 0.5) is 5.82 Å². The zero-order chi connectivity index (χ0) is 21.1. The Morgan fingerprint density at radius 3 is 2.57 bits per heavy atom. The molecule has 0 amide bonds. The highest BCUT2D eigenvalue weighted by atomic mass is 31.2. The van der Waals surface area contributed by atoms with Crippen LogP contribution in [0.1, 0.15) is 6.23 Å². The van der Waals surface area contributed by atoms with Crippen LogP contribution >= 0.6 is 7.82 Å². The number of carboxylic acid groups (broad SMARTS) is 1. The fraction of sp³-hybridized carbons (Fsp3) is 0.385. The zero-order valence-electron chi connectivity index (χ0n) is 14.1. The van der Waals surface area contributed by atoms with Crippen molar-refractivity contribution in [3.05, 3.63) is 25.3 Å². The van der Waals surface area contributed by atoms with Crippen molar-refractivity contribution in [3.63, 3.8) is 0 Å². The van der Waals surface area contributed by atoms with E-state index in [1.165, 1.54) is 17.2 Å². The Hall–Kier alpha value is -2.45. The number of aromatic nitrogens is 4. The summed E-state index contributed by atoms with van der Waals surface area (Å²) in [5, 5.41) is 27.7. The molecule has 3 heterocycles. The molecule has 0 aliphatic carbocycles. The third-order valence-corrected chi connectivity index (χ3v) is 4.07. The van der Waals surface area contributed by atoms with Crippen molar-refractivity contribution in [2.75, 3.05) is 12.3 Å². The number of fused-ring (bicyclic) bond motifs is 1. The minimum absolute atomic E-state index is 0.142. The van der Waals surface area contributed by atoms with Crippen LogP contribution in [0.15, 0.2) is 25.3 Å². The minimum atomic E-state index is -4.72. The number of nitrogens with two attached hydrogens (primary N) is 1. The van der Waals surface area contributed by atoms with Crippen molar-refractivity contribution < 1.29 is 43.7 Å². The second kappa shape index (κ2) is 8.70. The molecule has 2 aromatic heterocycles. The van der Waals surface area contributed by atoms with Crippen LogP contribution < -0.4 is 5.73 Å². The van der Waals surface area contributed by atoms with E-state index >= 15 is 0 Å². The molecule has 0 bridgehead atoms. The number of hydrogen-bond acceptors (Lipinski definition) is 10. The summed E-state index contributed by atoms with van der Waals surface area (Å²) in [6.45, 7) is 2.37. The number of phosphoric ester groups is 1. The lowest BCUT2D eigenvalue weighted by atomic mass is 10.1. The molecule has 0 spiro atoms. The molecule has 0 radical (unpaired) electrons. The predicted octanol–water partition coefficient (Wildman–Crippen LogP) is -1.61. The van der Waals surface area contributed by atoms with Crippen molar-refractivity contribution in [2.24, 2.45) is 0 Å². The first-order valence-electron chi connectivity index (χ1n) is 7.55. The molecule has 14 nitrogen and oxygen atoms in total. The molecule has 7 N–H and O–H groups in total. The van der Waals surface area contributed by atoms with Crippen LogP contribution in [0, 0.1) is 0 Å². The van der Waals surface area contributed by atoms with Crippen LogP contribution in [0.2, 0.25) is 0 Å². The molecule has 1 aliphatic rings. The van der Waals surface area contributed by atoms with E-state index in [0.717, 1.165) is 6.08 Å². The SMILES string of the molecule is C=CC(=O)O.Nc1ncnc2c1ncn2[C@@H]1O[C@H](COP(=O)(O)O)[C@@H](O)[C@H]1O. The van der Waals surface area contributed by atoms with Crippen molar-refractivity contribution in [2.45, 2.75) is 24.5 Å². The molecule has 15 heteroatoms. The van der Waals surface area contributed by atoms with Crippen molar-refractivity contribution in [1.82, 2.24) is 19.5 Å². The molecule has 28 heavy (non-hydrogen) atoms. The Labute approximate surface area is 157 Å². The van der Waals surface area contributed by atoms with Crippen LogP contribution in [0.5, 0.6) is 0 Å². The molecular formula is C13H18N5O9P. The molecule has 154 valence electrons. The quantitative estimate of drug-likeness (QED) is 0.237. The first-order chi connectivity index (χ1) is 13.0. The van der Waals surface area contributed by atoms with E-state index in [9.17, 15) is 19.6 Å². The Kier molecular flexibility index (Phi) is 6.79. The number of carbonyl (C=O) groups is 1. The number of ether oxygens (including phenoxy) is 1. The predicted molar refractivity (Wildman–Crippen MR) is 91.5 cm³/mol. The van der Waals surface area contributed by atoms with Gasteiger partial charge < -0.3 is 35.6 Å². The number of anilines is 1. The fourth-order valence-electron chi connectivity index (χ4n) is 2.32. The van der Waals surface area contributed by atoms with Gasteiger partial charge in [0.2, 0.25) is 0 Å². The number of phosphoric acid groups is 1. The first-order valence-corrected chi connectivity index (χ1v) is 9.08. The van der Waals surface area contributed by atoms with Crippen LogP contribution in [-0.4, -0.2) is 75.5 Å². The van der Waals surface area contributed by atoms with Crippen LogP contribution in [0.25, 0.3) is 11.2 Å². The summed E-state index contributed by atoms with van der Waals surface area (Å²) in [6.07, 6.45) is -1.66. The largest absolute Gasteiger partial charge is 0.478 e. The summed E-state index contributed by atoms with van der Waals surface area (Å²) in [4.78, 5) is 38.4. The summed E-state index contributed by atoms with van der Waals surface area (Å²) < 4.78 is 21.8. The van der Waals surface area contributed by atoms with Gasteiger partial charge in [-0.15, -0.1) is 0 Å². The number of nitrogen functional groups attached to an aromatic ring is 1. The normalized spacial score (nSPS) is 24.6. The van der Waals surface area contributed by atoms with E-state index in [0.29, 0.717) is 5.52 Å². The molecular weight excluding hydrogens is 401 g/mol. The van der Waals surface area contributed by atoms with Gasteiger partial charge in [-0.05, 0) is 0 Å². The van der Waals surface area contributed by atoms with E-state index in [-0.39, 0.29) is 11.5 Å². The third kappa shape index (κ3) is 5.08. The van der Waals surface area contributed by atoms with Gasteiger partial charge in [-0.25, -0.2) is 24.3 Å². The Balaban J connectivity index is 0.000000500. The molecule has 1 aliphatic heterocycles. The van der Waals surface area contributed by atoms with Gasteiger partial charge in [0.25, 0.3) is 0 Å². The van der Waals surface area contributed by atoms with Gasteiger partial charge in [-0.3, -0.25) is 9.09 Å². The maximum atomic E-state index is 10.7. The summed E-state index contributed by atoms with van der Waals surface area (Å²) in [7, 11) is -4.72. The summed E-state index contributed by atoms with van der Waals surface area (Å²) >= 11 is 0. The standard InChI is InChI=1S/C10H14N5O7P.C3H4O2/c11-8-5-9(13-2-12-8)15(3-14-5)10-7(17)6(16)4(22-10)1-21-23(18,19)20;1-2-3(4)5/h2-4,6-7,10,16-17H,1H2,(H2,11,12,13)(H2,18,19,20);2H,1H2,(H,4,5)/t4-,6-,7-,10-;/m1./s1. The summed E-state index contributed by atoms with van der Waals surface area (Å²) in [5.41, 5.74) is 6.25. The van der Waals surface area contributed by atoms with E-state index in [4.69, 9.17) is 25.4 Å². The summed E-state index contributed by atoms with van der Waals surface area (Å²) in [6, 6.07) is 0. The molecule has 0 unspecified atom stereocenters. The Morgan fingerprint density at radius 1 is 1.36 bits per heavy atom. The lowest BCUT2D eigenvalue weighted by molar-refractivity contribution is -0.131. The number of imidazole rings is 1. The van der Waals surface area contributed by atoms with Gasteiger partial charge in [-0.2, -0.15) is 0 Å². The van der Waals surface area contributed by atoms with Gasteiger partial charge in [0.15, 0.2) is 17.7 Å². The number of aliphatic carboxylic acids is 1. The Bertz CT molecular complexity index is 900. The fourth-order valence-corrected chi connectivity index (χ4v) is 2.66. The maximum absolute atomic E-state index is 10.7. The number of rotatable bonds is 5. The molecule has 1 saturated heterocycles. The van der Waals surface area contributed by atoms with E-state index < -0.39 is 44.9 Å². The lowest BCUT2D eigenvalue weighted by Crippen LogP contribution is -2.33. The smallest absolute Gasteiger partial charge is 0.469 e. The zero-order valence-corrected chi connectivity index (χ0v) is 15.0.